The number of rotatable bonds is 5. The van der Waals surface area contributed by atoms with E-state index in [1.165, 1.54) is 16.7 Å². The van der Waals surface area contributed by atoms with Crippen molar-refractivity contribution in [1.82, 2.24) is 4.90 Å². The van der Waals surface area contributed by atoms with Crippen LogP contribution >= 0.6 is 0 Å². The third-order valence-corrected chi connectivity index (χ3v) is 3.22. The Bertz CT molecular complexity index is 560. The van der Waals surface area contributed by atoms with Gasteiger partial charge in [-0.3, -0.25) is 4.90 Å². The third kappa shape index (κ3) is 5.33. The van der Waals surface area contributed by atoms with E-state index in [0.717, 1.165) is 18.8 Å². The summed E-state index contributed by atoms with van der Waals surface area (Å²) in [6.45, 7) is 3.94. The molecule has 2 rings (SSSR count). The molecule has 2 aromatic rings. The molecule has 0 N–H and O–H groups in total. The molecule has 2 nitrogen and oxygen atoms in total. The van der Waals surface area contributed by atoms with Gasteiger partial charge in [-0.05, 0) is 36.7 Å². The van der Waals surface area contributed by atoms with Crippen molar-refractivity contribution < 1.29 is 4.74 Å². The lowest BCUT2D eigenvalue weighted by Crippen LogP contribution is -2.17. The van der Waals surface area contributed by atoms with Crippen molar-refractivity contribution in [3.63, 3.8) is 0 Å². The van der Waals surface area contributed by atoms with Crippen LogP contribution in [-0.4, -0.2) is 19.1 Å². The van der Waals surface area contributed by atoms with Crippen LogP contribution in [0.5, 0.6) is 5.75 Å². The molecule has 2 heteroatoms. The smallest absolute Gasteiger partial charge is 0.122 e. The molecular weight excluding hydrogens is 258 g/mol. The summed E-state index contributed by atoms with van der Waals surface area (Å²) in [6, 6.07) is 16.9. The van der Waals surface area contributed by atoms with Crippen LogP contribution in [-0.2, 0) is 13.1 Å². The normalized spacial score (nSPS) is 9.81. The fraction of sp³-hybridized carbons (Fsp3) is 0.263. The van der Waals surface area contributed by atoms with Gasteiger partial charge < -0.3 is 4.74 Å². The van der Waals surface area contributed by atoms with Crippen LogP contribution in [0.2, 0.25) is 0 Å². The van der Waals surface area contributed by atoms with Gasteiger partial charge in [-0.2, -0.15) is 0 Å². The van der Waals surface area contributed by atoms with Crippen LogP contribution in [0, 0.1) is 19.8 Å². The van der Waals surface area contributed by atoms with Crippen molar-refractivity contribution in [2.75, 3.05) is 14.2 Å². The van der Waals surface area contributed by atoms with Gasteiger partial charge in [0.25, 0.3) is 0 Å². The van der Waals surface area contributed by atoms with Crippen LogP contribution in [0.1, 0.15) is 16.7 Å². The van der Waals surface area contributed by atoms with Crippen molar-refractivity contribution in [2.24, 2.45) is 0 Å². The number of ether oxygens (including phenoxy) is 1. The molecule has 0 radical (unpaired) electrons. The van der Waals surface area contributed by atoms with E-state index in [1.807, 2.05) is 6.07 Å². The highest BCUT2D eigenvalue weighted by molar-refractivity contribution is 5.36. The van der Waals surface area contributed by atoms with Gasteiger partial charge in [0.05, 0.1) is 7.11 Å². The number of aryl methyl sites for hydroxylation is 1. The number of terminal acetylenes is 1. The first-order valence-corrected chi connectivity index (χ1v) is 6.88. The van der Waals surface area contributed by atoms with Crippen molar-refractivity contribution in [3.8, 4) is 18.6 Å². The summed E-state index contributed by atoms with van der Waals surface area (Å²) in [7, 11) is 3.86. The summed E-state index contributed by atoms with van der Waals surface area (Å²) in [5.74, 6) is 0.964. The molecule has 110 valence electrons. The molecular formula is C19H23NO. The second-order valence-corrected chi connectivity index (χ2v) is 4.96. The Balaban J connectivity index is 0.00000106. The summed E-state index contributed by atoms with van der Waals surface area (Å²) in [5, 5.41) is 0. The minimum absolute atomic E-state index is 0.922. The van der Waals surface area contributed by atoms with Crippen molar-refractivity contribution in [3.05, 3.63) is 65.2 Å². The highest BCUT2D eigenvalue weighted by Crippen LogP contribution is 2.20. The third-order valence-electron chi connectivity index (χ3n) is 3.22. The Morgan fingerprint density at radius 2 is 1.57 bits per heavy atom. The summed E-state index contributed by atoms with van der Waals surface area (Å²) in [4.78, 5) is 2.30. The quantitative estimate of drug-likeness (QED) is 0.771. The Morgan fingerprint density at radius 3 is 2.19 bits per heavy atom. The fourth-order valence-electron chi connectivity index (χ4n) is 2.23. The molecule has 0 aliphatic rings. The molecule has 0 fully saturated rings. The zero-order chi connectivity index (χ0) is 15.7. The van der Waals surface area contributed by atoms with Gasteiger partial charge in [0.1, 0.15) is 5.75 Å². The van der Waals surface area contributed by atoms with Crippen LogP contribution in [0.25, 0.3) is 0 Å². The van der Waals surface area contributed by atoms with Crippen LogP contribution in [0.15, 0.2) is 48.5 Å². The van der Waals surface area contributed by atoms with Gasteiger partial charge in [-0.1, -0.05) is 42.5 Å². The monoisotopic (exact) mass is 281 g/mol. The minimum atomic E-state index is 0.922. The lowest BCUT2D eigenvalue weighted by molar-refractivity contribution is 0.318. The number of methoxy groups -OCH3 is 1. The second-order valence-electron chi connectivity index (χ2n) is 4.96. The Hall–Kier alpha value is -2.24. The molecule has 0 saturated heterocycles. The predicted octanol–water partition coefficient (Wildman–Crippen LogP) is 3.89. The second kappa shape index (κ2) is 8.84. The summed E-state index contributed by atoms with van der Waals surface area (Å²) >= 11 is 0. The highest BCUT2D eigenvalue weighted by Gasteiger charge is 2.04. The standard InChI is InChI=1S/C17H21NO.C2H2/c1-14-9-10-16(11-17(14)19-3)13-18(2)12-15-7-5-4-6-8-15;1-2/h4-11H,12-13H2,1-3H3;1-2H. The summed E-state index contributed by atoms with van der Waals surface area (Å²) in [6.07, 6.45) is 8.00. The number of hydrogen-bond donors (Lipinski definition) is 0. The van der Waals surface area contributed by atoms with E-state index >= 15 is 0 Å². The van der Waals surface area contributed by atoms with Crippen molar-refractivity contribution in [1.29, 1.82) is 0 Å². The van der Waals surface area contributed by atoms with Gasteiger partial charge in [0.2, 0.25) is 0 Å². The first-order chi connectivity index (χ1) is 10.2. The van der Waals surface area contributed by atoms with E-state index in [-0.39, 0.29) is 0 Å². The molecule has 21 heavy (non-hydrogen) atoms. The average molecular weight is 281 g/mol. The van der Waals surface area contributed by atoms with Gasteiger partial charge >= 0.3 is 0 Å². The van der Waals surface area contributed by atoms with E-state index < -0.39 is 0 Å². The fourth-order valence-corrected chi connectivity index (χ4v) is 2.23. The SMILES string of the molecule is C#C.COc1cc(CN(C)Cc2ccccc2)ccc1C. The average Bonchev–Trinajstić information content (AvgIpc) is 2.52. The maximum Gasteiger partial charge on any atom is 0.122 e. The molecule has 0 aliphatic heterocycles. The molecule has 0 aliphatic carbocycles. The Kier molecular flexibility index (Phi) is 7.08. The molecule has 0 heterocycles. The molecule has 2 aromatic carbocycles. The Labute approximate surface area is 128 Å². The van der Waals surface area contributed by atoms with E-state index in [9.17, 15) is 0 Å². The maximum absolute atomic E-state index is 5.37. The van der Waals surface area contributed by atoms with Gasteiger partial charge in [-0.25, -0.2) is 0 Å². The Morgan fingerprint density at radius 1 is 0.952 bits per heavy atom. The van der Waals surface area contributed by atoms with Gasteiger partial charge in [0.15, 0.2) is 0 Å². The van der Waals surface area contributed by atoms with E-state index in [2.05, 4.69) is 74.2 Å². The first kappa shape index (κ1) is 16.8. The largest absolute Gasteiger partial charge is 0.496 e. The molecule has 0 aromatic heterocycles. The van der Waals surface area contributed by atoms with E-state index in [0.29, 0.717) is 0 Å². The highest BCUT2D eigenvalue weighted by atomic mass is 16.5. The van der Waals surface area contributed by atoms with Gasteiger partial charge in [0, 0.05) is 13.1 Å². The molecule has 0 unspecified atom stereocenters. The summed E-state index contributed by atoms with van der Waals surface area (Å²) < 4.78 is 5.37. The molecule has 0 amide bonds. The molecule has 0 saturated carbocycles. The summed E-state index contributed by atoms with van der Waals surface area (Å²) in [5.41, 5.74) is 3.79. The maximum atomic E-state index is 5.37. The van der Waals surface area contributed by atoms with Crippen molar-refractivity contribution in [2.45, 2.75) is 20.0 Å². The number of benzene rings is 2. The van der Waals surface area contributed by atoms with Gasteiger partial charge in [-0.15, -0.1) is 12.8 Å². The lowest BCUT2D eigenvalue weighted by atomic mass is 10.1. The number of hydrogen-bond acceptors (Lipinski definition) is 2. The van der Waals surface area contributed by atoms with E-state index in [4.69, 9.17) is 4.74 Å². The topological polar surface area (TPSA) is 12.5 Å². The predicted molar refractivity (Wildman–Crippen MR) is 89.2 cm³/mol. The van der Waals surface area contributed by atoms with Crippen LogP contribution < -0.4 is 4.74 Å². The van der Waals surface area contributed by atoms with Crippen LogP contribution in [0.3, 0.4) is 0 Å². The first-order valence-electron chi connectivity index (χ1n) is 6.88. The molecule has 0 atom stereocenters. The minimum Gasteiger partial charge on any atom is -0.496 e. The number of nitrogens with zero attached hydrogens (tertiary/aromatic N) is 1. The van der Waals surface area contributed by atoms with Crippen molar-refractivity contribution >= 4 is 0 Å². The molecule has 0 bridgehead atoms. The molecule has 0 spiro atoms. The zero-order valence-corrected chi connectivity index (χ0v) is 13.0. The zero-order valence-electron chi connectivity index (χ0n) is 13.0. The lowest BCUT2D eigenvalue weighted by Gasteiger charge is -2.17. The van der Waals surface area contributed by atoms with E-state index in [1.54, 1.807) is 7.11 Å². The van der Waals surface area contributed by atoms with Crippen LogP contribution in [0.4, 0.5) is 0 Å².